The van der Waals surface area contributed by atoms with E-state index in [0.717, 1.165) is 26.1 Å². The molecule has 0 bridgehead atoms. The summed E-state index contributed by atoms with van der Waals surface area (Å²) in [5.41, 5.74) is 0. The molecule has 0 aromatic carbocycles. The van der Waals surface area contributed by atoms with Crippen LogP contribution >= 0.6 is 0 Å². The van der Waals surface area contributed by atoms with Crippen molar-refractivity contribution in [2.24, 2.45) is 0 Å². The molecule has 1 N–H and O–H groups in total. The summed E-state index contributed by atoms with van der Waals surface area (Å²) in [7, 11) is 0. The minimum atomic E-state index is -0.145. The highest BCUT2D eigenvalue weighted by molar-refractivity contribution is 5.91. The molecule has 0 radical (unpaired) electrons. The first-order chi connectivity index (χ1) is 9.15. The van der Waals surface area contributed by atoms with Gasteiger partial charge in [-0.05, 0) is 32.4 Å². The highest BCUT2D eigenvalue weighted by atomic mass is 16.5. The van der Waals surface area contributed by atoms with Crippen LogP contribution in [0.1, 0.15) is 30.8 Å². The second-order valence-electron chi connectivity index (χ2n) is 5.10. The molecule has 2 heterocycles. The van der Waals surface area contributed by atoms with Crippen LogP contribution in [-0.4, -0.2) is 49.2 Å². The number of carbonyl (C=O) groups is 1. The SMILES string of the molecule is C[C@@H]1CN(CCCNC(=O)c2ccco2)C[C@H](C)O1. The highest BCUT2D eigenvalue weighted by Gasteiger charge is 2.21. The minimum absolute atomic E-state index is 0.145. The molecule has 1 amide bonds. The molecular formula is C14H22N2O3. The minimum Gasteiger partial charge on any atom is -0.459 e. The standard InChI is InChI=1S/C14H22N2O3/c1-11-9-16(10-12(2)19-11)7-4-6-15-14(17)13-5-3-8-18-13/h3,5,8,11-12H,4,6-7,9-10H2,1-2H3,(H,15,17)/t11-,12+. The molecule has 1 aliphatic rings. The molecule has 1 aromatic rings. The predicted octanol–water partition coefficient (Wildman–Crippen LogP) is 1.51. The number of ether oxygens (including phenoxy) is 1. The number of furan rings is 1. The quantitative estimate of drug-likeness (QED) is 0.821. The smallest absolute Gasteiger partial charge is 0.286 e. The van der Waals surface area contributed by atoms with Gasteiger partial charge < -0.3 is 14.5 Å². The van der Waals surface area contributed by atoms with E-state index < -0.39 is 0 Å². The topological polar surface area (TPSA) is 54.7 Å². The zero-order valence-electron chi connectivity index (χ0n) is 11.6. The molecule has 5 heteroatoms. The van der Waals surface area contributed by atoms with E-state index in [-0.39, 0.29) is 5.91 Å². The molecule has 0 saturated carbocycles. The first kappa shape index (κ1) is 14.1. The van der Waals surface area contributed by atoms with Crippen LogP contribution in [0.25, 0.3) is 0 Å². The van der Waals surface area contributed by atoms with Crippen LogP contribution in [0, 0.1) is 0 Å². The fourth-order valence-corrected chi connectivity index (χ4v) is 2.47. The van der Waals surface area contributed by atoms with Gasteiger partial charge in [0, 0.05) is 26.2 Å². The second kappa shape index (κ2) is 6.73. The Morgan fingerprint density at radius 1 is 1.42 bits per heavy atom. The van der Waals surface area contributed by atoms with Crippen molar-refractivity contribution in [3.8, 4) is 0 Å². The summed E-state index contributed by atoms with van der Waals surface area (Å²) in [6.45, 7) is 7.78. The largest absolute Gasteiger partial charge is 0.459 e. The first-order valence-electron chi connectivity index (χ1n) is 6.84. The average Bonchev–Trinajstić information content (AvgIpc) is 2.87. The number of rotatable bonds is 5. The van der Waals surface area contributed by atoms with E-state index in [9.17, 15) is 4.79 Å². The summed E-state index contributed by atoms with van der Waals surface area (Å²) >= 11 is 0. The predicted molar refractivity (Wildman–Crippen MR) is 72.1 cm³/mol. The lowest BCUT2D eigenvalue weighted by molar-refractivity contribution is -0.0680. The van der Waals surface area contributed by atoms with Gasteiger partial charge in [-0.1, -0.05) is 0 Å². The highest BCUT2D eigenvalue weighted by Crippen LogP contribution is 2.10. The lowest BCUT2D eigenvalue weighted by Crippen LogP contribution is -2.46. The number of hydrogen-bond acceptors (Lipinski definition) is 4. The van der Waals surface area contributed by atoms with Gasteiger partial charge in [0.25, 0.3) is 5.91 Å². The summed E-state index contributed by atoms with van der Waals surface area (Å²) in [5, 5.41) is 2.86. The van der Waals surface area contributed by atoms with E-state index in [2.05, 4.69) is 24.1 Å². The van der Waals surface area contributed by atoms with Gasteiger partial charge in [-0.15, -0.1) is 0 Å². The number of amides is 1. The van der Waals surface area contributed by atoms with Crippen molar-refractivity contribution in [1.29, 1.82) is 0 Å². The van der Waals surface area contributed by atoms with E-state index >= 15 is 0 Å². The molecule has 19 heavy (non-hydrogen) atoms. The lowest BCUT2D eigenvalue weighted by atomic mass is 10.2. The van der Waals surface area contributed by atoms with Crippen molar-refractivity contribution < 1.29 is 13.9 Å². The average molecular weight is 266 g/mol. The Hall–Kier alpha value is -1.33. The fraction of sp³-hybridized carbons (Fsp3) is 0.643. The van der Waals surface area contributed by atoms with Gasteiger partial charge in [0.05, 0.1) is 18.5 Å². The monoisotopic (exact) mass is 266 g/mol. The van der Waals surface area contributed by atoms with E-state index in [1.54, 1.807) is 12.1 Å². The second-order valence-corrected chi connectivity index (χ2v) is 5.10. The van der Waals surface area contributed by atoms with Crippen LogP contribution < -0.4 is 5.32 Å². The maximum Gasteiger partial charge on any atom is 0.286 e. The third kappa shape index (κ3) is 4.36. The Kier molecular flexibility index (Phi) is 4.99. The Bertz CT molecular complexity index is 381. The van der Waals surface area contributed by atoms with E-state index in [1.165, 1.54) is 6.26 Å². The summed E-state index contributed by atoms with van der Waals surface area (Å²) < 4.78 is 10.7. The lowest BCUT2D eigenvalue weighted by Gasteiger charge is -2.35. The van der Waals surface area contributed by atoms with Gasteiger partial charge in [0.1, 0.15) is 0 Å². The molecule has 1 saturated heterocycles. The number of hydrogen-bond donors (Lipinski definition) is 1. The zero-order chi connectivity index (χ0) is 13.7. The normalized spacial score (nSPS) is 24.3. The first-order valence-corrected chi connectivity index (χ1v) is 6.84. The van der Waals surface area contributed by atoms with E-state index in [1.807, 2.05) is 0 Å². The molecule has 1 aliphatic heterocycles. The van der Waals surface area contributed by atoms with Crippen molar-refractivity contribution >= 4 is 5.91 Å². The molecule has 1 fully saturated rings. The molecule has 0 aliphatic carbocycles. The van der Waals surface area contributed by atoms with Gasteiger partial charge >= 0.3 is 0 Å². The van der Waals surface area contributed by atoms with Crippen molar-refractivity contribution in [3.05, 3.63) is 24.2 Å². The van der Waals surface area contributed by atoms with Crippen molar-refractivity contribution in [2.75, 3.05) is 26.2 Å². The maximum absolute atomic E-state index is 11.6. The molecule has 5 nitrogen and oxygen atoms in total. The number of morpholine rings is 1. The molecule has 2 atom stereocenters. The molecule has 0 spiro atoms. The summed E-state index contributed by atoms with van der Waals surface area (Å²) in [6, 6.07) is 3.38. The third-order valence-corrected chi connectivity index (χ3v) is 3.18. The Labute approximate surface area is 113 Å². The number of carbonyl (C=O) groups excluding carboxylic acids is 1. The van der Waals surface area contributed by atoms with Crippen molar-refractivity contribution in [1.82, 2.24) is 10.2 Å². The number of nitrogens with one attached hydrogen (secondary N) is 1. The van der Waals surface area contributed by atoms with E-state index in [0.29, 0.717) is 24.5 Å². The molecule has 0 unspecified atom stereocenters. The molecule has 1 aromatic heterocycles. The summed E-state index contributed by atoms with van der Waals surface area (Å²) in [4.78, 5) is 14.0. The maximum atomic E-state index is 11.6. The molecule has 2 rings (SSSR count). The Morgan fingerprint density at radius 3 is 2.79 bits per heavy atom. The van der Waals surface area contributed by atoms with Crippen LogP contribution in [0.15, 0.2) is 22.8 Å². The molecular weight excluding hydrogens is 244 g/mol. The molecule has 106 valence electrons. The summed E-state index contributed by atoms with van der Waals surface area (Å²) in [6.07, 6.45) is 3.03. The third-order valence-electron chi connectivity index (χ3n) is 3.18. The van der Waals surface area contributed by atoms with Crippen molar-refractivity contribution in [2.45, 2.75) is 32.5 Å². The summed E-state index contributed by atoms with van der Waals surface area (Å²) in [5.74, 6) is 0.224. The van der Waals surface area contributed by atoms with Crippen molar-refractivity contribution in [3.63, 3.8) is 0 Å². The van der Waals surface area contributed by atoms with Crippen LogP contribution in [0.2, 0.25) is 0 Å². The zero-order valence-corrected chi connectivity index (χ0v) is 11.6. The van der Waals surface area contributed by atoms with Gasteiger partial charge in [-0.3, -0.25) is 9.69 Å². The fourth-order valence-electron chi connectivity index (χ4n) is 2.47. The van der Waals surface area contributed by atoms with E-state index in [4.69, 9.17) is 9.15 Å². The van der Waals surface area contributed by atoms with Crippen LogP contribution in [0.3, 0.4) is 0 Å². The van der Waals surface area contributed by atoms with Gasteiger partial charge in [0.2, 0.25) is 0 Å². The van der Waals surface area contributed by atoms with Crippen LogP contribution in [0.5, 0.6) is 0 Å². The Balaban J connectivity index is 1.63. The van der Waals surface area contributed by atoms with Crippen LogP contribution in [-0.2, 0) is 4.74 Å². The van der Waals surface area contributed by atoms with Gasteiger partial charge in [-0.25, -0.2) is 0 Å². The van der Waals surface area contributed by atoms with Crippen LogP contribution in [0.4, 0.5) is 0 Å². The number of nitrogens with zero attached hydrogens (tertiary/aromatic N) is 1. The van der Waals surface area contributed by atoms with Gasteiger partial charge in [0.15, 0.2) is 5.76 Å². The van der Waals surface area contributed by atoms with Gasteiger partial charge in [-0.2, -0.15) is 0 Å². The Morgan fingerprint density at radius 2 is 2.16 bits per heavy atom.